The van der Waals surface area contributed by atoms with E-state index in [1.54, 1.807) is 47.6 Å². The molecule has 1 aromatic heterocycles. The smallest absolute Gasteiger partial charge is 0.412 e. The maximum Gasteiger partial charge on any atom is 0.412 e. The van der Waals surface area contributed by atoms with Gasteiger partial charge in [-0.3, -0.25) is 43.6 Å². The highest BCUT2D eigenvalue weighted by molar-refractivity contribution is 7.90. The van der Waals surface area contributed by atoms with Crippen molar-refractivity contribution in [3.63, 3.8) is 0 Å². The fourth-order valence-corrected chi connectivity index (χ4v) is 9.33. The van der Waals surface area contributed by atoms with Gasteiger partial charge in [0.15, 0.2) is 24.4 Å². The molecule has 4 N–H and O–H groups in total. The number of nitrogens with zero attached hydrogens (tertiary/aromatic N) is 5. The molecule has 4 heterocycles. The second-order valence-electron chi connectivity index (χ2n) is 19.3. The molecule has 3 aliphatic heterocycles. The van der Waals surface area contributed by atoms with E-state index in [9.17, 15) is 67.2 Å². The Morgan fingerprint density at radius 2 is 1.64 bits per heavy atom. The Morgan fingerprint density at radius 1 is 0.897 bits per heavy atom. The number of ketones is 2. The monoisotopic (exact) mass is 1100 g/mol. The van der Waals surface area contributed by atoms with Crippen LogP contribution < -0.4 is 9.47 Å². The number of ether oxygens (including phenoxy) is 4. The number of aliphatic hydroxyl groups is 3. The van der Waals surface area contributed by atoms with E-state index in [0.29, 0.717) is 31.0 Å². The zero-order valence-corrected chi connectivity index (χ0v) is 44.1. The number of unbranched alkanes of at least 4 members (excludes halogenated alkanes) is 2. The first-order chi connectivity index (χ1) is 37.1. The van der Waals surface area contributed by atoms with Crippen molar-refractivity contribution in [1.29, 1.82) is 0 Å². The van der Waals surface area contributed by atoms with E-state index in [1.165, 1.54) is 31.3 Å². The number of carbonyl (C=O) groups excluding carboxylic acids is 7. The molecule has 3 aliphatic rings. The Kier molecular flexibility index (Phi) is 21.7. The highest BCUT2D eigenvalue weighted by Gasteiger charge is 2.48. The van der Waals surface area contributed by atoms with E-state index in [1.807, 2.05) is 12.1 Å². The molecule has 5 amide bonds. The molecule has 24 heteroatoms. The molecular weight excluding hydrogens is 1040 g/mol. The van der Waals surface area contributed by atoms with Crippen LogP contribution in [-0.4, -0.2) is 190 Å². The zero-order valence-electron chi connectivity index (χ0n) is 43.3. The largest absolute Gasteiger partial charge is 0.479 e. The fourth-order valence-electron chi connectivity index (χ4n) is 8.78. The van der Waals surface area contributed by atoms with Crippen LogP contribution in [0.15, 0.2) is 85.2 Å². The highest BCUT2D eigenvalue weighted by atomic mass is 32.2. The summed E-state index contributed by atoms with van der Waals surface area (Å²) in [6.45, 7) is -0.882. The molecular formula is C54H65N5O18S. The molecule has 0 bridgehead atoms. The average molecular weight is 1100 g/mol. The molecule has 6 rings (SSSR count). The summed E-state index contributed by atoms with van der Waals surface area (Å²) in [5.74, 6) is -4.08. The number of rotatable bonds is 27. The van der Waals surface area contributed by atoms with Crippen molar-refractivity contribution in [2.24, 2.45) is 5.92 Å². The Hall–Kier alpha value is -7.38. The molecule has 2 saturated heterocycles. The minimum Gasteiger partial charge on any atom is -0.479 e. The van der Waals surface area contributed by atoms with Crippen LogP contribution in [0, 0.1) is 5.92 Å². The third kappa shape index (κ3) is 17.8. The molecule has 2 aromatic carbocycles. The zero-order chi connectivity index (χ0) is 56.5. The number of piperidine rings is 1. The molecule has 0 radical (unpaired) electrons. The van der Waals surface area contributed by atoms with Crippen molar-refractivity contribution in [3.8, 4) is 11.5 Å². The Balaban J connectivity index is 1.04. The standard InChI is InChI=1S/C54H65N5O18S/c1-56(44(62)21-25-59-45(63)17-18-46(59)64)32-41(61)29-39-28-37(14-16-43(39)76-53-49(67)47(65)48(66)50(77-53)52(69)70)33-74-54(71)58(26-27-78(2,72)73)34-75-42-12-6-10-38(30-42)51(68)57-23-19-35(20-24-57)8-4-3-5-11-40(60)15-13-36-9-7-22-55-31-36/h6-7,9-10,12-18,22,28,30-31,35,47-50,53,65-67H,3-5,8,11,19-21,23-27,29,32-34H2,1-2H3,(H,69,70)/b15-13+/t47-,48-,49+,50-,53+/m0/s1. The number of imide groups is 1. The first-order valence-corrected chi connectivity index (χ1v) is 27.4. The lowest BCUT2D eigenvalue weighted by Gasteiger charge is -2.38. The van der Waals surface area contributed by atoms with Crippen molar-refractivity contribution in [2.45, 2.75) is 95.1 Å². The van der Waals surface area contributed by atoms with E-state index in [0.717, 1.165) is 77.2 Å². The summed E-state index contributed by atoms with van der Waals surface area (Å²) in [6.07, 6.45) is 4.08. The van der Waals surface area contributed by atoms with E-state index >= 15 is 0 Å². The number of aliphatic carboxylic acids is 1. The van der Waals surface area contributed by atoms with Gasteiger partial charge in [-0.25, -0.2) is 18.0 Å². The number of Topliss-reactive ketones (excluding diaryl/α,β-unsaturated/α-hetero) is 1. The van der Waals surface area contributed by atoms with Crippen LogP contribution in [0.3, 0.4) is 0 Å². The van der Waals surface area contributed by atoms with Crippen LogP contribution in [-0.2, 0) is 61.1 Å². The Morgan fingerprint density at radius 3 is 2.33 bits per heavy atom. The van der Waals surface area contributed by atoms with Crippen molar-refractivity contribution < 1.29 is 86.1 Å². The number of aromatic nitrogens is 1. The summed E-state index contributed by atoms with van der Waals surface area (Å²) in [7, 11) is -2.27. The number of carbonyl (C=O) groups is 8. The van der Waals surface area contributed by atoms with Crippen LogP contribution in [0.4, 0.5) is 4.79 Å². The number of carboxylic acid groups (broad SMARTS) is 1. The van der Waals surface area contributed by atoms with Crippen LogP contribution in [0.1, 0.15) is 78.4 Å². The number of allylic oxidation sites excluding steroid dienone is 1. The maximum absolute atomic E-state index is 13.6. The highest BCUT2D eigenvalue weighted by Crippen LogP contribution is 2.30. The number of likely N-dealkylation sites (N-methyl/N-ethyl adjacent to an activating group) is 1. The minimum atomic E-state index is -3.60. The summed E-state index contributed by atoms with van der Waals surface area (Å²) >= 11 is 0. The molecule has 0 saturated carbocycles. The summed E-state index contributed by atoms with van der Waals surface area (Å²) in [5, 5.41) is 40.8. The van der Waals surface area contributed by atoms with Gasteiger partial charge in [0.2, 0.25) is 12.2 Å². The summed E-state index contributed by atoms with van der Waals surface area (Å²) in [5.41, 5.74) is 1.52. The third-order valence-electron chi connectivity index (χ3n) is 13.3. The predicted molar refractivity (Wildman–Crippen MR) is 277 cm³/mol. The number of amides is 5. The third-order valence-corrected chi connectivity index (χ3v) is 14.2. The summed E-state index contributed by atoms with van der Waals surface area (Å²) in [4.78, 5) is 110. The van der Waals surface area contributed by atoms with Gasteiger partial charge in [-0.15, -0.1) is 0 Å². The number of benzene rings is 2. The van der Waals surface area contributed by atoms with Gasteiger partial charge < -0.3 is 49.2 Å². The number of sulfone groups is 1. The number of likely N-dealkylation sites (tertiary alicyclic amines) is 1. The number of hydrogen-bond donors (Lipinski definition) is 4. The number of pyridine rings is 1. The SMILES string of the molecule is CN(CC(=O)Cc1cc(COC(=O)N(CCS(C)(=O)=O)COc2cccc(C(=O)N3CCC(CCCCCC(=O)/C=C/c4cccnc4)CC3)c2)ccc1O[C@@H]1O[C@H](C(=O)O)[C@@H](O)[C@H](O)[C@H]1O)C(=O)CCN1C(=O)C=CC1=O. The quantitative estimate of drug-likeness (QED) is 0.0368. The fraction of sp³-hybridized carbons (Fsp3) is 0.463. The van der Waals surface area contributed by atoms with Crippen LogP contribution in [0.5, 0.6) is 11.5 Å². The van der Waals surface area contributed by atoms with Crippen molar-refractivity contribution in [2.75, 3.05) is 58.5 Å². The van der Waals surface area contributed by atoms with Crippen molar-refractivity contribution in [1.82, 2.24) is 24.6 Å². The van der Waals surface area contributed by atoms with Gasteiger partial charge in [-0.2, -0.15) is 0 Å². The van der Waals surface area contributed by atoms with Gasteiger partial charge >= 0.3 is 12.1 Å². The topological polar surface area (TPSA) is 314 Å². The van der Waals surface area contributed by atoms with E-state index in [-0.39, 0.29) is 53.8 Å². The normalized spacial score (nSPS) is 19.7. The van der Waals surface area contributed by atoms with Crippen molar-refractivity contribution >= 4 is 63.2 Å². The molecule has 23 nitrogen and oxygen atoms in total. The average Bonchev–Trinajstić information content (AvgIpc) is 3.76. The van der Waals surface area contributed by atoms with Crippen LogP contribution in [0.2, 0.25) is 0 Å². The van der Waals surface area contributed by atoms with Gasteiger partial charge in [0.05, 0.1) is 12.3 Å². The minimum absolute atomic E-state index is 0.0521. The van der Waals surface area contributed by atoms with Crippen LogP contribution in [0.25, 0.3) is 6.08 Å². The Bertz CT molecular complexity index is 2800. The predicted octanol–water partition coefficient (Wildman–Crippen LogP) is 2.34. The molecule has 78 heavy (non-hydrogen) atoms. The molecule has 0 aliphatic carbocycles. The molecule has 5 atom stereocenters. The van der Waals surface area contributed by atoms with E-state index < -0.39 is 108 Å². The van der Waals surface area contributed by atoms with E-state index in [4.69, 9.17) is 18.9 Å². The molecule has 3 aromatic rings. The first kappa shape index (κ1) is 59.9. The number of carboxylic acids is 1. The first-order valence-electron chi connectivity index (χ1n) is 25.4. The molecule has 0 spiro atoms. The molecule has 2 fully saturated rings. The van der Waals surface area contributed by atoms with Gasteiger partial charge in [0.1, 0.15) is 46.3 Å². The Labute approximate surface area is 450 Å². The lowest BCUT2D eigenvalue weighted by Crippen LogP contribution is -2.61. The van der Waals surface area contributed by atoms with E-state index in [2.05, 4.69) is 4.98 Å². The second kappa shape index (κ2) is 28.3. The van der Waals surface area contributed by atoms with Gasteiger partial charge in [-0.1, -0.05) is 37.5 Å². The second-order valence-corrected chi connectivity index (χ2v) is 21.6. The lowest BCUT2D eigenvalue weighted by atomic mass is 9.90. The van der Waals surface area contributed by atoms with Crippen LogP contribution >= 0.6 is 0 Å². The lowest BCUT2D eigenvalue weighted by molar-refractivity contribution is -0.271. The summed E-state index contributed by atoms with van der Waals surface area (Å²) < 4.78 is 47.0. The molecule has 0 unspecified atom stereocenters. The van der Waals surface area contributed by atoms with Gasteiger partial charge in [-0.05, 0) is 84.9 Å². The van der Waals surface area contributed by atoms with Gasteiger partial charge in [0.25, 0.3) is 17.7 Å². The van der Waals surface area contributed by atoms with Crippen molar-refractivity contribution in [3.05, 3.63) is 107 Å². The molecule has 420 valence electrons. The number of aliphatic hydroxyl groups excluding tert-OH is 3. The van der Waals surface area contributed by atoms with Gasteiger partial charge in [0, 0.05) is 94.4 Å². The maximum atomic E-state index is 13.6. The summed E-state index contributed by atoms with van der Waals surface area (Å²) in [6, 6.07) is 14.1. The number of hydrogen-bond acceptors (Lipinski definition) is 18.